The van der Waals surface area contributed by atoms with Crippen LogP contribution in [0.3, 0.4) is 0 Å². The van der Waals surface area contributed by atoms with Gasteiger partial charge in [-0.25, -0.2) is 10.5 Å². The van der Waals surface area contributed by atoms with E-state index in [9.17, 15) is 0 Å². The van der Waals surface area contributed by atoms with Crippen molar-refractivity contribution in [3.05, 3.63) is 54.0 Å². The van der Waals surface area contributed by atoms with Crippen LogP contribution in [0.2, 0.25) is 0 Å². The van der Waals surface area contributed by atoms with Gasteiger partial charge in [0, 0.05) is 23.3 Å². The zero-order valence-corrected chi connectivity index (χ0v) is 15.0. The summed E-state index contributed by atoms with van der Waals surface area (Å²) in [5.41, 5.74) is 16.3. The van der Waals surface area contributed by atoms with Gasteiger partial charge in [0.1, 0.15) is 22.8 Å². The van der Waals surface area contributed by atoms with Crippen molar-refractivity contribution >= 4 is 22.4 Å². The number of benzene rings is 1. The average Bonchev–Trinajstić information content (AvgIpc) is 3.43. The van der Waals surface area contributed by atoms with Crippen LogP contribution in [0.25, 0.3) is 16.6 Å². The summed E-state index contributed by atoms with van der Waals surface area (Å²) >= 11 is 0. The number of methoxy groups -OCH3 is 1. The predicted octanol–water partition coefficient (Wildman–Crippen LogP) is 3.48. The smallest absolute Gasteiger partial charge is 0.145 e. The molecule has 1 fully saturated rings. The van der Waals surface area contributed by atoms with Crippen LogP contribution in [0, 0.1) is 5.53 Å². The molecule has 2 aromatic heterocycles. The highest BCUT2D eigenvalue weighted by molar-refractivity contribution is 5.95. The molecule has 4 N–H and O–H groups in total. The Morgan fingerprint density at radius 2 is 2.30 bits per heavy atom. The van der Waals surface area contributed by atoms with Gasteiger partial charge in [-0.3, -0.25) is 4.68 Å². The van der Waals surface area contributed by atoms with Crippen molar-refractivity contribution in [3.8, 4) is 5.75 Å². The van der Waals surface area contributed by atoms with Crippen LogP contribution in [-0.2, 0) is 6.54 Å². The molecule has 0 spiro atoms. The van der Waals surface area contributed by atoms with E-state index in [4.69, 9.17) is 16.0 Å². The summed E-state index contributed by atoms with van der Waals surface area (Å²) < 4.78 is 7.39. The molecular formula is C19H21N7O. The molecule has 0 unspecified atom stereocenters. The van der Waals surface area contributed by atoms with E-state index in [0.29, 0.717) is 35.4 Å². The highest BCUT2D eigenvalue weighted by Crippen LogP contribution is 2.34. The molecule has 8 heteroatoms. The Balaban J connectivity index is 1.61. The highest BCUT2D eigenvalue weighted by Gasteiger charge is 2.24. The van der Waals surface area contributed by atoms with Gasteiger partial charge >= 0.3 is 0 Å². The summed E-state index contributed by atoms with van der Waals surface area (Å²) in [5, 5.41) is 12.3. The van der Waals surface area contributed by atoms with Crippen molar-refractivity contribution in [2.75, 3.05) is 12.8 Å². The van der Waals surface area contributed by atoms with Crippen LogP contribution >= 0.6 is 0 Å². The van der Waals surface area contributed by atoms with Crippen LogP contribution in [0.4, 0.5) is 5.82 Å². The number of pyridine rings is 1. The zero-order chi connectivity index (χ0) is 18.8. The highest BCUT2D eigenvalue weighted by atomic mass is 16.5. The van der Waals surface area contributed by atoms with Crippen molar-refractivity contribution in [2.24, 2.45) is 5.11 Å². The van der Waals surface area contributed by atoms with E-state index in [-0.39, 0.29) is 0 Å². The Kier molecular flexibility index (Phi) is 4.45. The van der Waals surface area contributed by atoms with Crippen molar-refractivity contribution in [3.63, 3.8) is 0 Å². The third-order valence-electron chi connectivity index (χ3n) is 4.55. The minimum Gasteiger partial charge on any atom is -0.494 e. The molecule has 27 heavy (non-hydrogen) atoms. The molecule has 4 rings (SSSR count). The second-order valence-electron chi connectivity index (χ2n) is 6.49. The van der Waals surface area contributed by atoms with Gasteiger partial charge in [0.2, 0.25) is 0 Å². The second kappa shape index (κ2) is 7.06. The summed E-state index contributed by atoms with van der Waals surface area (Å²) in [6.07, 6.45) is 6.13. The number of nitrogens with zero attached hydrogens (tertiary/aromatic N) is 4. The maximum Gasteiger partial charge on any atom is 0.145 e. The number of para-hydroxylation sites is 1. The molecule has 0 bridgehead atoms. The number of nitrogens with two attached hydrogens (primary N) is 1. The molecular weight excluding hydrogens is 342 g/mol. The van der Waals surface area contributed by atoms with Crippen molar-refractivity contribution in [2.45, 2.75) is 25.4 Å². The SMILES string of the molecule is COc1cccc2c(/C(=C/NCc3ccn(C4CC4)n3)N=N)cc(N)nc12. The zero-order valence-electron chi connectivity index (χ0n) is 15.0. The second-order valence-corrected chi connectivity index (χ2v) is 6.49. The van der Waals surface area contributed by atoms with Crippen molar-refractivity contribution < 1.29 is 4.74 Å². The molecule has 0 amide bonds. The third-order valence-corrected chi connectivity index (χ3v) is 4.55. The van der Waals surface area contributed by atoms with Gasteiger partial charge in [-0.2, -0.15) is 10.2 Å². The first-order chi connectivity index (χ1) is 13.2. The van der Waals surface area contributed by atoms with E-state index in [0.717, 1.165) is 16.6 Å². The topological polar surface area (TPSA) is 114 Å². The van der Waals surface area contributed by atoms with Crippen molar-refractivity contribution in [1.29, 1.82) is 5.53 Å². The minimum atomic E-state index is 0.347. The number of nitrogens with one attached hydrogen (secondary N) is 2. The molecule has 2 heterocycles. The standard InChI is InChI=1S/C19H21N7O/c1-27-17-4-2-3-14-15(9-18(20)23-19(14)17)16(24-21)11-22-10-12-7-8-26(25-12)13-5-6-13/h2-4,7-9,11,13,21-22H,5-6,10H2,1H3,(H2,20,23)/b16-11-,24-21?. The summed E-state index contributed by atoms with van der Waals surface area (Å²) in [4.78, 5) is 4.37. The van der Waals surface area contributed by atoms with Gasteiger partial charge in [0.05, 0.1) is 25.4 Å². The predicted molar refractivity (Wildman–Crippen MR) is 103 cm³/mol. The Labute approximate surface area is 156 Å². The molecule has 0 saturated heterocycles. The Hall–Kier alpha value is -3.42. The monoisotopic (exact) mass is 363 g/mol. The maximum absolute atomic E-state index is 7.60. The van der Waals surface area contributed by atoms with Crippen molar-refractivity contribution in [1.82, 2.24) is 20.1 Å². The summed E-state index contributed by atoms with van der Waals surface area (Å²) in [5.74, 6) is 0.976. The molecule has 1 saturated carbocycles. The molecule has 8 nitrogen and oxygen atoms in total. The number of hydrogen-bond acceptors (Lipinski definition) is 7. The van der Waals surface area contributed by atoms with E-state index < -0.39 is 0 Å². The van der Waals surface area contributed by atoms with Crippen LogP contribution in [0.1, 0.15) is 30.1 Å². The number of hydrogen-bond donors (Lipinski definition) is 3. The number of rotatable bonds is 7. The van der Waals surface area contributed by atoms with Gasteiger partial charge in [-0.15, -0.1) is 0 Å². The van der Waals surface area contributed by atoms with Gasteiger partial charge in [-0.05, 0) is 31.0 Å². The molecule has 1 aromatic carbocycles. The summed E-state index contributed by atoms with van der Waals surface area (Å²) in [7, 11) is 1.59. The van der Waals surface area contributed by atoms with E-state index in [2.05, 4.69) is 20.5 Å². The lowest BCUT2D eigenvalue weighted by Crippen LogP contribution is -2.07. The van der Waals surface area contributed by atoms with Crippen LogP contribution in [0.5, 0.6) is 5.75 Å². The van der Waals surface area contributed by atoms with Gasteiger partial charge in [0.25, 0.3) is 0 Å². The van der Waals surface area contributed by atoms with Crippen LogP contribution in [-0.4, -0.2) is 21.9 Å². The molecule has 1 aliphatic rings. The fourth-order valence-electron chi connectivity index (χ4n) is 3.06. The van der Waals surface area contributed by atoms with Crippen LogP contribution < -0.4 is 15.8 Å². The molecule has 0 aliphatic heterocycles. The third kappa shape index (κ3) is 3.46. The fourth-order valence-corrected chi connectivity index (χ4v) is 3.06. The van der Waals surface area contributed by atoms with Gasteiger partial charge < -0.3 is 15.8 Å². The maximum atomic E-state index is 7.60. The first kappa shape index (κ1) is 17.0. The molecule has 138 valence electrons. The first-order valence-corrected chi connectivity index (χ1v) is 8.78. The molecule has 0 atom stereocenters. The first-order valence-electron chi connectivity index (χ1n) is 8.78. The lowest BCUT2D eigenvalue weighted by molar-refractivity contribution is 0.419. The normalized spacial score (nSPS) is 14.3. The largest absolute Gasteiger partial charge is 0.494 e. The van der Waals surface area contributed by atoms with Crippen LogP contribution in [0.15, 0.2) is 47.8 Å². The molecule has 0 radical (unpaired) electrons. The van der Waals surface area contributed by atoms with E-state index >= 15 is 0 Å². The summed E-state index contributed by atoms with van der Waals surface area (Å²) in [6, 6.07) is 9.90. The number of anilines is 1. The fraction of sp³-hybridized carbons (Fsp3) is 0.263. The molecule has 1 aliphatic carbocycles. The van der Waals surface area contributed by atoms with Gasteiger partial charge in [-0.1, -0.05) is 12.1 Å². The Morgan fingerprint density at radius 3 is 3.04 bits per heavy atom. The average molecular weight is 363 g/mol. The Bertz CT molecular complexity index is 1020. The van der Waals surface area contributed by atoms with E-state index in [1.807, 2.05) is 35.1 Å². The lowest BCUT2D eigenvalue weighted by atomic mass is 10.1. The number of nitrogen functional groups attached to an aromatic ring is 1. The van der Waals surface area contributed by atoms with Gasteiger partial charge in [0.15, 0.2) is 0 Å². The quantitative estimate of drug-likeness (QED) is 0.556. The number of ether oxygens (including phenoxy) is 1. The molecule has 3 aromatic rings. The number of aromatic nitrogens is 3. The van der Waals surface area contributed by atoms with E-state index in [1.54, 1.807) is 19.4 Å². The number of fused-ring (bicyclic) bond motifs is 1. The summed E-state index contributed by atoms with van der Waals surface area (Å²) in [6.45, 7) is 0.556. The Morgan fingerprint density at radius 1 is 1.44 bits per heavy atom. The lowest BCUT2D eigenvalue weighted by Gasteiger charge is -2.10. The van der Waals surface area contributed by atoms with E-state index in [1.165, 1.54) is 12.8 Å². The minimum absolute atomic E-state index is 0.347.